The number of rotatable bonds is 8. The molecule has 0 bridgehead atoms. The number of amides is 3. The van der Waals surface area contributed by atoms with E-state index in [-0.39, 0.29) is 17.7 Å². The van der Waals surface area contributed by atoms with Gasteiger partial charge in [0.2, 0.25) is 5.91 Å². The largest absolute Gasteiger partial charge is 0.385 e. The summed E-state index contributed by atoms with van der Waals surface area (Å²) in [5, 5.41) is 6.02. The van der Waals surface area contributed by atoms with Crippen molar-refractivity contribution in [3.8, 4) is 0 Å². The van der Waals surface area contributed by atoms with Crippen molar-refractivity contribution in [3.63, 3.8) is 0 Å². The fraction of sp³-hybridized carbons (Fsp3) is 0.348. The Hall–Kier alpha value is -2.90. The first-order valence-corrected chi connectivity index (χ1v) is 10.6. The van der Waals surface area contributed by atoms with Crippen LogP contribution in [0.5, 0.6) is 0 Å². The maximum Gasteiger partial charge on any atom is 0.257 e. The lowest BCUT2D eigenvalue weighted by Gasteiger charge is -2.24. The highest BCUT2D eigenvalue weighted by molar-refractivity contribution is 6.34. The molecule has 0 saturated carbocycles. The van der Waals surface area contributed by atoms with Crippen LogP contribution in [0.3, 0.4) is 0 Å². The lowest BCUT2D eigenvalue weighted by molar-refractivity contribution is -0.124. The molecule has 0 radical (unpaired) electrons. The average molecular weight is 444 g/mol. The van der Waals surface area contributed by atoms with Gasteiger partial charge < -0.3 is 20.3 Å². The highest BCUT2D eigenvalue weighted by atomic mass is 35.5. The van der Waals surface area contributed by atoms with Gasteiger partial charge in [-0.2, -0.15) is 0 Å². The zero-order valence-electron chi connectivity index (χ0n) is 17.4. The number of hydrogen-bond donors (Lipinski definition) is 2. The minimum atomic E-state index is -0.463. The van der Waals surface area contributed by atoms with Gasteiger partial charge in [0, 0.05) is 38.1 Å². The molecule has 1 unspecified atom stereocenters. The van der Waals surface area contributed by atoms with Crippen molar-refractivity contribution in [3.05, 3.63) is 64.7 Å². The number of halogens is 1. The molecule has 1 atom stereocenters. The standard InChI is InChI=1S/C23H26ClN3O4/c1-31-15-5-13-25-22(29)20-8-4-14-27(20)23(30)16-9-11-17(12-10-16)26-21(28)18-6-2-3-7-19(18)24/h2-3,6-7,9-12,20H,4-5,8,13-15H2,1H3,(H,25,29)(H,26,28). The molecule has 2 N–H and O–H groups in total. The van der Waals surface area contributed by atoms with E-state index in [1.165, 1.54) is 0 Å². The first-order valence-electron chi connectivity index (χ1n) is 10.2. The summed E-state index contributed by atoms with van der Waals surface area (Å²) in [5.41, 5.74) is 1.39. The summed E-state index contributed by atoms with van der Waals surface area (Å²) in [5.74, 6) is -0.654. The normalized spacial score (nSPS) is 15.5. The predicted molar refractivity (Wildman–Crippen MR) is 119 cm³/mol. The van der Waals surface area contributed by atoms with Gasteiger partial charge in [0.05, 0.1) is 10.6 Å². The Balaban J connectivity index is 1.61. The molecule has 2 aromatic carbocycles. The van der Waals surface area contributed by atoms with Gasteiger partial charge in [-0.1, -0.05) is 23.7 Å². The average Bonchev–Trinajstić information content (AvgIpc) is 3.27. The third-order valence-corrected chi connectivity index (χ3v) is 5.48. The van der Waals surface area contributed by atoms with E-state index in [4.69, 9.17) is 16.3 Å². The molecule has 8 heteroatoms. The van der Waals surface area contributed by atoms with Gasteiger partial charge in [0.25, 0.3) is 11.8 Å². The van der Waals surface area contributed by atoms with E-state index >= 15 is 0 Å². The van der Waals surface area contributed by atoms with Crippen LogP contribution in [0.1, 0.15) is 40.0 Å². The minimum Gasteiger partial charge on any atom is -0.385 e. The van der Waals surface area contributed by atoms with Crippen LogP contribution in [0.25, 0.3) is 0 Å². The molecule has 3 rings (SSSR count). The van der Waals surface area contributed by atoms with Crippen molar-refractivity contribution in [2.45, 2.75) is 25.3 Å². The van der Waals surface area contributed by atoms with E-state index in [1.807, 2.05) is 0 Å². The van der Waals surface area contributed by atoms with Crippen molar-refractivity contribution >= 4 is 35.0 Å². The molecule has 1 aliphatic heterocycles. The van der Waals surface area contributed by atoms with Crippen LogP contribution in [0.2, 0.25) is 5.02 Å². The Morgan fingerprint density at radius 3 is 2.58 bits per heavy atom. The zero-order valence-corrected chi connectivity index (χ0v) is 18.2. The Labute approximate surface area is 186 Å². The predicted octanol–water partition coefficient (Wildman–Crippen LogP) is 3.35. The third-order valence-electron chi connectivity index (χ3n) is 5.15. The van der Waals surface area contributed by atoms with Crippen molar-refractivity contribution < 1.29 is 19.1 Å². The molecule has 1 saturated heterocycles. The van der Waals surface area contributed by atoms with Gasteiger partial charge in [0.15, 0.2) is 0 Å². The maximum absolute atomic E-state index is 13.0. The van der Waals surface area contributed by atoms with Crippen molar-refractivity contribution in [1.29, 1.82) is 0 Å². The van der Waals surface area contributed by atoms with E-state index in [9.17, 15) is 14.4 Å². The summed E-state index contributed by atoms with van der Waals surface area (Å²) in [6.07, 6.45) is 2.16. The zero-order chi connectivity index (χ0) is 22.2. The van der Waals surface area contributed by atoms with Crippen molar-refractivity contribution in [2.24, 2.45) is 0 Å². The number of anilines is 1. The molecule has 3 amide bonds. The topological polar surface area (TPSA) is 87.7 Å². The molecule has 1 fully saturated rings. The van der Waals surface area contributed by atoms with Gasteiger partial charge in [-0.25, -0.2) is 0 Å². The minimum absolute atomic E-state index is 0.134. The van der Waals surface area contributed by atoms with Crippen LogP contribution in [0.4, 0.5) is 5.69 Å². The number of hydrogen-bond acceptors (Lipinski definition) is 4. The fourth-order valence-electron chi connectivity index (χ4n) is 3.53. The lowest BCUT2D eigenvalue weighted by atomic mass is 10.1. The van der Waals surface area contributed by atoms with Gasteiger partial charge in [-0.05, 0) is 55.7 Å². The van der Waals surface area contributed by atoms with Crippen LogP contribution < -0.4 is 10.6 Å². The number of benzene rings is 2. The number of likely N-dealkylation sites (tertiary alicyclic amines) is 1. The molecule has 31 heavy (non-hydrogen) atoms. The second kappa shape index (κ2) is 10.9. The first-order chi connectivity index (χ1) is 15.0. The molecule has 7 nitrogen and oxygen atoms in total. The van der Waals surface area contributed by atoms with Crippen LogP contribution >= 0.6 is 11.6 Å². The smallest absolute Gasteiger partial charge is 0.257 e. The number of methoxy groups -OCH3 is 1. The maximum atomic E-state index is 13.0. The Morgan fingerprint density at radius 2 is 1.87 bits per heavy atom. The molecule has 0 aromatic heterocycles. The number of nitrogens with one attached hydrogen (secondary N) is 2. The summed E-state index contributed by atoms with van der Waals surface area (Å²) < 4.78 is 4.98. The molecule has 2 aromatic rings. The molecule has 0 spiro atoms. The van der Waals surface area contributed by atoms with Gasteiger partial charge in [0.1, 0.15) is 6.04 Å². The summed E-state index contributed by atoms with van der Waals surface area (Å²) in [6, 6.07) is 13.0. The Morgan fingerprint density at radius 1 is 1.13 bits per heavy atom. The highest BCUT2D eigenvalue weighted by Crippen LogP contribution is 2.22. The number of nitrogens with zero attached hydrogens (tertiary/aromatic N) is 1. The van der Waals surface area contributed by atoms with E-state index in [0.29, 0.717) is 48.0 Å². The summed E-state index contributed by atoms with van der Waals surface area (Å²) >= 11 is 6.06. The monoisotopic (exact) mass is 443 g/mol. The highest BCUT2D eigenvalue weighted by Gasteiger charge is 2.34. The van der Waals surface area contributed by atoms with Crippen molar-refractivity contribution in [1.82, 2.24) is 10.2 Å². The quantitative estimate of drug-likeness (QED) is 0.612. The van der Waals surface area contributed by atoms with Crippen LogP contribution in [0.15, 0.2) is 48.5 Å². The molecular formula is C23H26ClN3O4. The summed E-state index contributed by atoms with van der Waals surface area (Å²) in [4.78, 5) is 39.4. The second-order valence-electron chi connectivity index (χ2n) is 7.31. The second-order valence-corrected chi connectivity index (χ2v) is 7.71. The molecule has 164 valence electrons. The first kappa shape index (κ1) is 22.8. The van der Waals surface area contributed by atoms with E-state index in [1.54, 1.807) is 60.5 Å². The van der Waals surface area contributed by atoms with E-state index in [0.717, 1.165) is 12.8 Å². The van der Waals surface area contributed by atoms with Crippen molar-refractivity contribution in [2.75, 3.05) is 32.1 Å². The van der Waals surface area contributed by atoms with Gasteiger partial charge in [-0.3, -0.25) is 14.4 Å². The lowest BCUT2D eigenvalue weighted by Crippen LogP contribution is -2.46. The van der Waals surface area contributed by atoms with E-state index in [2.05, 4.69) is 10.6 Å². The van der Waals surface area contributed by atoms with Crippen LogP contribution in [0, 0.1) is 0 Å². The Kier molecular flexibility index (Phi) is 8.03. The van der Waals surface area contributed by atoms with Crippen LogP contribution in [-0.4, -0.2) is 55.5 Å². The van der Waals surface area contributed by atoms with Gasteiger partial charge >= 0.3 is 0 Å². The summed E-state index contributed by atoms with van der Waals surface area (Å²) in [6.45, 7) is 1.64. The Bertz CT molecular complexity index is 933. The van der Waals surface area contributed by atoms with Gasteiger partial charge in [-0.15, -0.1) is 0 Å². The fourth-order valence-corrected chi connectivity index (χ4v) is 3.76. The third kappa shape index (κ3) is 5.83. The van der Waals surface area contributed by atoms with Crippen LogP contribution in [-0.2, 0) is 9.53 Å². The molecular weight excluding hydrogens is 418 g/mol. The molecule has 1 aliphatic rings. The summed E-state index contributed by atoms with van der Waals surface area (Å²) in [7, 11) is 1.62. The number of carbonyl (C=O) groups is 3. The number of carbonyl (C=O) groups excluding carboxylic acids is 3. The van der Waals surface area contributed by atoms with E-state index < -0.39 is 6.04 Å². The number of ether oxygens (including phenoxy) is 1. The molecule has 0 aliphatic carbocycles. The molecule has 1 heterocycles. The SMILES string of the molecule is COCCCNC(=O)C1CCCN1C(=O)c1ccc(NC(=O)c2ccccc2Cl)cc1.